The van der Waals surface area contributed by atoms with Crippen LogP contribution in [0.2, 0.25) is 0 Å². The predicted molar refractivity (Wildman–Crippen MR) is 212 cm³/mol. The molecule has 16 heteroatoms. The highest BCUT2D eigenvalue weighted by molar-refractivity contribution is 9.10. The standard InChI is InChI=1S/C15H24BN3O2.C12H24B2O4.C9H12BrN3/c1-11-7-6-8-19(11)13-17-9-12(10-18-13)16-20-14(2,3)15(4,5)21-16;1-9(2)10(3,4)16-13(15-9)14-17-11(5,6)12(7,8)18-14;1-7-3-2-4-13(7)9-11-5-8(10)6-12-9/h9-11H,6-8H2,1-5H3;1-8H3;5-7H,2-4H2,1H3/t11-;;7-/m0.0/s1. The molecule has 5 aliphatic heterocycles. The lowest BCUT2D eigenvalue weighted by molar-refractivity contribution is 0.00578. The van der Waals surface area contributed by atoms with Crippen molar-refractivity contribution in [1.29, 1.82) is 0 Å². The SMILES string of the molecule is CC1(C)OB(B2OC(C)(C)C(C)(C)O2)OC1(C)C.C[C@H]1CCCN1c1ncc(B2OC(C)(C)C(C)(C)O2)cn1.C[C@H]1CCCN1c1ncc(Br)cn1. The molecule has 2 aromatic heterocycles. The van der Waals surface area contributed by atoms with Crippen molar-refractivity contribution >= 4 is 54.4 Å². The molecule has 5 aliphatic rings. The van der Waals surface area contributed by atoms with Gasteiger partial charge in [-0.15, -0.1) is 0 Å². The molecular weight excluding hydrogens is 725 g/mol. The minimum atomic E-state index is -0.476. The van der Waals surface area contributed by atoms with Gasteiger partial charge in [0.25, 0.3) is 0 Å². The Morgan fingerprint density at radius 1 is 0.538 bits per heavy atom. The second-order valence-electron chi connectivity index (χ2n) is 17.7. The molecule has 7 heterocycles. The molecule has 2 aromatic rings. The molecule has 286 valence electrons. The Kier molecular flexibility index (Phi) is 12.0. The first-order valence-corrected chi connectivity index (χ1v) is 19.6. The van der Waals surface area contributed by atoms with E-state index in [1.807, 2.05) is 95.5 Å². The van der Waals surface area contributed by atoms with Gasteiger partial charge in [-0.1, -0.05) is 0 Å². The van der Waals surface area contributed by atoms with Gasteiger partial charge in [0, 0.05) is 55.4 Å². The van der Waals surface area contributed by atoms with E-state index in [9.17, 15) is 0 Å². The zero-order valence-corrected chi connectivity index (χ0v) is 35.5. The second-order valence-corrected chi connectivity index (χ2v) is 18.6. The van der Waals surface area contributed by atoms with E-state index in [0.717, 1.165) is 34.9 Å². The van der Waals surface area contributed by atoms with E-state index in [1.54, 1.807) is 12.4 Å². The lowest BCUT2D eigenvalue weighted by Crippen LogP contribution is -2.41. The summed E-state index contributed by atoms with van der Waals surface area (Å²) in [6.45, 7) is 31.0. The van der Waals surface area contributed by atoms with Crippen molar-refractivity contribution in [1.82, 2.24) is 19.9 Å². The van der Waals surface area contributed by atoms with Crippen LogP contribution in [0.5, 0.6) is 0 Å². The number of hydrogen-bond acceptors (Lipinski definition) is 12. The quantitative estimate of drug-likeness (QED) is 0.327. The summed E-state index contributed by atoms with van der Waals surface area (Å²) in [4.78, 5) is 22.1. The lowest BCUT2D eigenvalue weighted by Gasteiger charge is -2.32. The maximum Gasteiger partial charge on any atom is 0.498 e. The maximum absolute atomic E-state index is 6.02. The highest BCUT2D eigenvalue weighted by atomic mass is 79.9. The molecule has 0 aromatic carbocycles. The zero-order valence-electron chi connectivity index (χ0n) is 33.9. The normalized spacial score (nSPS) is 27.7. The Bertz CT molecular complexity index is 1430. The van der Waals surface area contributed by atoms with E-state index in [0.29, 0.717) is 12.1 Å². The summed E-state index contributed by atoms with van der Waals surface area (Å²) in [5, 5.41) is 0. The molecule has 7 rings (SSSR count). The average molecular weight is 785 g/mol. The fourth-order valence-electron chi connectivity index (χ4n) is 6.49. The van der Waals surface area contributed by atoms with Gasteiger partial charge in [0.15, 0.2) is 0 Å². The van der Waals surface area contributed by atoms with E-state index in [1.165, 1.54) is 25.7 Å². The third-order valence-corrected chi connectivity index (χ3v) is 12.6. The van der Waals surface area contributed by atoms with Gasteiger partial charge in [-0.2, -0.15) is 0 Å². The number of nitrogens with zero attached hydrogens (tertiary/aromatic N) is 6. The molecule has 0 bridgehead atoms. The summed E-state index contributed by atoms with van der Waals surface area (Å²) in [5.74, 6) is 1.66. The Balaban J connectivity index is 0.000000155. The third kappa shape index (κ3) is 8.68. The third-order valence-electron chi connectivity index (χ3n) is 12.2. The summed E-state index contributed by atoms with van der Waals surface area (Å²) in [6.07, 6.45) is 12.2. The minimum absolute atomic E-state index is 0.334. The van der Waals surface area contributed by atoms with Gasteiger partial charge in [0.05, 0.1) is 38.1 Å². The van der Waals surface area contributed by atoms with Crippen LogP contribution in [-0.2, 0) is 27.9 Å². The first-order valence-electron chi connectivity index (χ1n) is 18.8. The van der Waals surface area contributed by atoms with E-state index < -0.39 is 14.0 Å². The summed E-state index contributed by atoms with van der Waals surface area (Å²) in [6, 6.07) is 1.11. The Labute approximate surface area is 321 Å². The summed E-state index contributed by atoms with van der Waals surface area (Å²) >= 11 is 3.33. The zero-order chi connectivity index (χ0) is 38.5. The van der Waals surface area contributed by atoms with Crippen molar-refractivity contribution in [3.63, 3.8) is 0 Å². The second kappa shape index (κ2) is 15.0. The smallest absolute Gasteiger partial charge is 0.405 e. The van der Waals surface area contributed by atoms with Crippen LogP contribution in [0.1, 0.15) is 123 Å². The Morgan fingerprint density at radius 2 is 0.846 bits per heavy atom. The average Bonchev–Trinajstić information content (AvgIpc) is 3.81. The molecule has 0 radical (unpaired) electrons. The van der Waals surface area contributed by atoms with Crippen LogP contribution in [0.15, 0.2) is 29.3 Å². The van der Waals surface area contributed by atoms with Crippen LogP contribution in [-0.4, -0.2) is 99.9 Å². The number of anilines is 2. The molecule has 5 fully saturated rings. The number of halogens is 1. The molecule has 0 N–H and O–H groups in total. The first-order chi connectivity index (χ1) is 24.0. The molecule has 2 atom stereocenters. The number of rotatable bonds is 4. The molecule has 5 saturated heterocycles. The van der Waals surface area contributed by atoms with Crippen molar-refractivity contribution < 1.29 is 27.9 Å². The van der Waals surface area contributed by atoms with Gasteiger partial charge in [0.2, 0.25) is 11.9 Å². The molecule has 0 unspecified atom stereocenters. The fraction of sp³-hybridized carbons (Fsp3) is 0.778. The molecule has 0 amide bonds. The Morgan fingerprint density at radius 3 is 1.15 bits per heavy atom. The van der Waals surface area contributed by atoms with Gasteiger partial charge < -0.3 is 37.7 Å². The van der Waals surface area contributed by atoms with E-state index in [4.69, 9.17) is 27.9 Å². The van der Waals surface area contributed by atoms with Crippen LogP contribution >= 0.6 is 15.9 Å². The van der Waals surface area contributed by atoms with E-state index in [2.05, 4.69) is 59.5 Å². The van der Waals surface area contributed by atoms with Crippen LogP contribution < -0.4 is 15.3 Å². The van der Waals surface area contributed by atoms with Gasteiger partial charge in [0.1, 0.15) is 0 Å². The monoisotopic (exact) mass is 784 g/mol. The molecule has 52 heavy (non-hydrogen) atoms. The highest BCUT2D eigenvalue weighted by Crippen LogP contribution is 2.43. The van der Waals surface area contributed by atoms with Crippen LogP contribution in [0.3, 0.4) is 0 Å². The van der Waals surface area contributed by atoms with Crippen molar-refractivity contribution in [2.75, 3.05) is 22.9 Å². The van der Waals surface area contributed by atoms with Crippen molar-refractivity contribution in [2.24, 2.45) is 0 Å². The van der Waals surface area contributed by atoms with Gasteiger partial charge in [-0.3, -0.25) is 0 Å². The predicted octanol–water partition coefficient (Wildman–Crippen LogP) is 6.24. The van der Waals surface area contributed by atoms with Crippen molar-refractivity contribution in [3.05, 3.63) is 29.3 Å². The molecule has 12 nitrogen and oxygen atoms in total. The summed E-state index contributed by atoms with van der Waals surface area (Å²) in [5.41, 5.74) is -1.23. The number of aromatic nitrogens is 4. The summed E-state index contributed by atoms with van der Waals surface area (Å²) < 4.78 is 36.8. The molecule has 0 saturated carbocycles. The van der Waals surface area contributed by atoms with Crippen LogP contribution in [0.25, 0.3) is 0 Å². The van der Waals surface area contributed by atoms with E-state index >= 15 is 0 Å². The first kappa shape index (κ1) is 41.4. The minimum Gasteiger partial charge on any atom is -0.405 e. The van der Waals surface area contributed by atoms with Crippen LogP contribution in [0.4, 0.5) is 11.9 Å². The van der Waals surface area contributed by atoms with Gasteiger partial charge >= 0.3 is 21.1 Å². The molecule has 0 aliphatic carbocycles. The lowest BCUT2D eigenvalue weighted by atomic mass is 9.49. The van der Waals surface area contributed by atoms with Gasteiger partial charge in [-0.05, 0) is 139 Å². The molecule has 0 spiro atoms. The number of hydrogen-bond donors (Lipinski definition) is 0. The van der Waals surface area contributed by atoms with E-state index in [-0.39, 0.29) is 40.7 Å². The van der Waals surface area contributed by atoms with Gasteiger partial charge in [-0.25, -0.2) is 19.9 Å². The highest BCUT2D eigenvalue weighted by Gasteiger charge is 2.63. The largest absolute Gasteiger partial charge is 0.498 e. The van der Waals surface area contributed by atoms with Crippen molar-refractivity contribution in [3.8, 4) is 0 Å². The van der Waals surface area contributed by atoms with Crippen LogP contribution in [0, 0.1) is 0 Å². The Hall–Kier alpha value is -1.81. The topological polar surface area (TPSA) is 113 Å². The van der Waals surface area contributed by atoms with Crippen molar-refractivity contribution in [2.45, 2.75) is 168 Å². The molecular formula is C36H60B3BrN6O6. The fourth-order valence-corrected chi connectivity index (χ4v) is 6.70. The maximum atomic E-state index is 6.02. The summed E-state index contributed by atoms with van der Waals surface area (Å²) in [7, 11) is -1.34.